The minimum absolute atomic E-state index is 0.0463. The highest BCUT2D eigenvalue weighted by atomic mass is 19.4. The molecule has 33 heavy (non-hydrogen) atoms. The van der Waals surface area contributed by atoms with E-state index >= 15 is 0 Å². The van der Waals surface area contributed by atoms with Gasteiger partial charge in [0.05, 0.1) is 25.7 Å². The van der Waals surface area contributed by atoms with Gasteiger partial charge in [0.25, 0.3) is 0 Å². The minimum atomic E-state index is -4.50. The lowest BCUT2D eigenvalue weighted by Crippen LogP contribution is -2.41. The van der Waals surface area contributed by atoms with Gasteiger partial charge in [-0.25, -0.2) is 0 Å². The molecule has 1 aromatic heterocycles. The van der Waals surface area contributed by atoms with Crippen molar-refractivity contribution in [3.05, 3.63) is 35.1 Å². The van der Waals surface area contributed by atoms with Crippen molar-refractivity contribution in [2.75, 3.05) is 46.6 Å². The van der Waals surface area contributed by atoms with Gasteiger partial charge in [0, 0.05) is 49.6 Å². The number of halogens is 3. The van der Waals surface area contributed by atoms with Crippen molar-refractivity contribution in [1.29, 1.82) is 0 Å². The highest BCUT2D eigenvalue weighted by molar-refractivity contribution is 5.75. The van der Waals surface area contributed by atoms with Crippen LogP contribution >= 0.6 is 0 Å². The number of benzene rings is 1. The highest BCUT2D eigenvalue weighted by Gasteiger charge is 2.49. The van der Waals surface area contributed by atoms with Gasteiger partial charge in [-0.15, -0.1) is 0 Å². The zero-order valence-electron chi connectivity index (χ0n) is 18.5. The van der Waals surface area contributed by atoms with Gasteiger partial charge in [0.15, 0.2) is 11.8 Å². The number of rotatable bonds is 8. The number of alkyl halides is 3. The number of hydrogen-bond donors (Lipinski definition) is 1. The van der Waals surface area contributed by atoms with Crippen LogP contribution in [0.5, 0.6) is 5.75 Å². The lowest BCUT2D eigenvalue weighted by atomic mass is 9.93. The lowest BCUT2D eigenvalue weighted by Gasteiger charge is -2.26. The van der Waals surface area contributed by atoms with Crippen LogP contribution < -0.4 is 10.2 Å². The average molecular weight is 468 g/mol. The molecule has 0 aliphatic carbocycles. The van der Waals surface area contributed by atoms with Gasteiger partial charge < -0.3 is 18.7 Å². The minimum Gasteiger partial charge on any atom is -0.492 e. The number of nitrogens with zero attached hydrogens (tertiary/aromatic N) is 3. The predicted molar refractivity (Wildman–Crippen MR) is 114 cm³/mol. The van der Waals surface area contributed by atoms with Crippen LogP contribution in [0.3, 0.4) is 0 Å². The SMILES string of the molecule is COCc1c(-c2cccc(OCCN3CCOCC3)c2C)noc1C1C=NNC1C(F)(F)F. The second-order valence-corrected chi connectivity index (χ2v) is 7.99. The molecule has 1 N–H and O–H groups in total. The summed E-state index contributed by atoms with van der Waals surface area (Å²) in [7, 11) is 1.47. The van der Waals surface area contributed by atoms with Crippen molar-refractivity contribution in [1.82, 2.24) is 15.5 Å². The Balaban J connectivity index is 1.57. The normalized spacial score (nSPS) is 21.4. The molecule has 4 rings (SSSR count). The Morgan fingerprint density at radius 3 is 2.76 bits per heavy atom. The summed E-state index contributed by atoms with van der Waals surface area (Å²) >= 11 is 0. The number of hydrazone groups is 1. The summed E-state index contributed by atoms with van der Waals surface area (Å²) in [6, 6.07) is 3.65. The summed E-state index contributed by atoms with van der Waals surface area (Å²) in [6.45, 7) is 6.43. The van der Waals surface area contributed by atoms with E-state index in [0.717, 1.165) is 38.4 Å². The fourth-order valence-electron chi connectivity index (χ4n) is 4.08. The maximum atomic E-state index is 13.5. The molecule has 0 saturated carbocycles. The van der Waals surface area contributed by atoms with Gasteiger partial charge in [-0.05, 0) is 13.0 Å². The molecule has 2 aliphatic rings. The number of ether oxygens (including phenoxy) is 3. The Labute approximate surface area is 189 Å². The van der Waals surface area contributed by atoms with Gasteiger partial charge >= 0.3 is 6.18 Å². The quantitative estimate of drug-likeness (QED) is 0.638. The number of nitrogens with one attached hydrogen (secondary N) is 1. The maximum absolute atomic E-state index is 13.5. The third-order valence-electron chi connectivity index (χ3n) is 5.88. The summed E-state index contributed by atoms with van der Waals surface area (Å²) in [6.07, 6.45) is -3.30. The van der Waals surface area contributed by atoms with Crippen molar-refractivity contribution in [3.63, 3.8) is 0 Å². The molecule has 0 bridgehead atoms. The number of hydrogen-bond acceptors (Lipinski definition) is 8. The van der Waals surface area contributed by atoms with Crippen LogP contribution in [0.2, 0.25) is 0 Å². The van der Waals surface area contributed by atoms with E-state index in [4.69, 9.17) is 18.7 Å². The Hall–Kier alpha value is -2.63. The molecular weight excluding hydrogens is 441 g/mol. The first-order valence-electron chi connectivity index (χ1n) is 10.8. The molecule has 3 heterocycles. The molecule has 0 radical (unpaired) electrons. The zero-order chi connectivity index (χ0) is 23.4. The molecule has 0 amide bonds. The van der Waals surface area contributed by atoms with E-state index in [1.165, 1.54) is 13.3 Å². The lowest BCUT2D eigenvalue weighted by molar-refractivity contribution is -0.155. The monoisotopic (exact) mass is 468 g/mol. The Bertz CT molecular complexity index is 973. The Morgan fingerprint density at radius 2 is 2.03 bits per heavy atom. The summed E-state index contributed by atoms with van der Waals surface area (Å²) < 4.78 is 62.5. The number of aromatic nitrogens is 1. The van der Waals surface area contributed by atoms with Gasteiger partial charge in [-0.3, -0.25) is 10.3 Å². The molecule has 1 aromatic carbocycles. The highest BCUT2D eigenvalue weighted by Crippen LogP contribution is 2.39. The molecule has 2 aromatic rings. The Morgan fingerprint density at radius 1 is 1.24 bits per heavy atom. The largest absolute Gasteiger partial charge is 0.492 e. The molecule has 2 aliphatic heterocycles. The predicted octanol–water partition coefficient (Wildman–Crippen LogP) is 3.11. The number of morpholine rings is 1. The second kappa shape index (κ2) is 10.1. The molecular formula is C22H27F3N4O4. The average Bonchev–Trinajstić information content (AvgIpc) is 3.43. The van der Waals surface area contributed by atoms with Crippen molar-refractivity contribution in [2.45, 2.75) is 31.7 Å². The van der Waals surface area contributed by atoms with E-state index in [2.05, 4.69) is 20.6 Å². The van der Waals surface area contributed by atoms with Crippen molar-refractivity contribution >= 4 is 6.21 Å². The standard InChI is InChI=1S/C22H27F3N4O4/c1-14-15(4-3-5-18(14)32-11-8-29-6-9-31-10-7-29)19-17(13-30-2)20(33-28-19)16-12-26-27-21(16)22(23,24)25/h3-5,12,16,21,27H,6-11,13H2,1-2H3. The van der Waals surface area contributed by atoms with E-state index in [9.17, 15) is 13.2 Å². The molecule has 11 heteroatoms. The van der Waals surface area contributed by atoms with Crippen molar-refractivity contribution in [2.24, 2.45) is 5.10 Å². The van der Waals surface area contributed by atoms with Crippen LogP contribution in [0.4, 0.5) is 13.2 Å². The fourth-order valence-corrected chi connectivity index (χ4v) is 4.08. The molecule has 180 valence electrons. The third-order valence-corrected chi connectivity index (χ3v) is 5.88. The molecule has 1 fully saturated rings. The second-order valence-electron chi connectivity index (χ2n) is 7.99. The van der Waals surface area contributed by atoms with E-state index in [1.807, 2.05) is 25.1 Å². The van der Waals surface area contributed by atoms with Crippen molar-refractivity contribution in [3.8, 4) is 17.0 Å². The van der Waals surface area contributed by atoms with Gasteiger partial charge in [-0.1, -0.05) is 17.3 Å². The third kappa shape index (κ3) is 5.15. The molecule has 1 saturated heterocycles. The first-order chi connectivity index (χ1) is 15.9. The summed E-state index contributed by atoms with van der Waals surface area (Å²) in [4.78, 5) is 2.28. The van der Waals surface area contributed by atoms with E-state index in [0.29, 0.717) is 29.2 Å². The van der Waals surface area contributed by atoms with E-state index < -0.39 is 18.1 Å². The van der Waals surface area contributed by atoms with E-state index in [-0.39, 0.29) is 12.4 Å². The first-order valence-corrected chi connectivity index (χ1v) is 10.8. The van der Waals surface area contributed by atoms with Gasteiger partial charge in [-0.2, -0.15) is 18.3 Å². The Kier molecular flexibility index (Phi) is 7.20. The topological polar surface area (TPSA) is 81.4 Å². The molecule has 0 spiro atoms. The van der Waals surface area contributed by atoms with Gasteiger partial charge in [0.2, 0.25) is 0 Å². The van der Waals surface area contributed by atoms with Crippen LogP contribution in [0.15, 0.2) is 27.8 Å². The zero-order valence-corrected chi connectivity index (χ0v) is 18.5. The molecule has 2 unspecified atom stereocenters. The van der Waals surface area contributed by atoms with Crippen LogP contribution in [-0.2, 0) is 16.1 Å². The first kappa shape index (κ1) is 23.5. The summed E-state index contributed by atoms with van der Waals surface area (Å²) in [5.41, 5.74) is 4.55. The van der Waals surface area contributed by atoms with Crippen LogP contribution in [0.1, 0.15) is 22.8 Å². The smallest absolute Gasteiger partial charge is 0.411 e. The van der Waals surface area contributed by atoms with Crippen LogP contribution in [0, 0.1) is 6.92 Å². The van der Waals surface area contributed by atoms with Crippen LogP contribution in [-0.4, -0.2) is 75.1 Å². The van der Waals surface area contributed by atoms with Gasteiger partial charge in [0.1, 0.15) is 18.1 Å². The van der Waals surface area contributed by atoms with Crippen molar-refractivity contribution < 1.29 is 31.9 Å². The fraction of sp³-hybridized carbons (Fsp3) is 0.545. The molecule has 8 nitrogen and oxygen atoms in total. The summed E-state index contributed by atoms with van der Waals surface area (Å²) in [5.74, 6) is -0.364. The number of methoxy groups -OCH3 is 1. The molecule has 2 atom stereocenters. The van der Waals surface area contributed by atoms with Crippen LogP contribution in [0.25, 0.3) is 11.3 Å². The van der Waals surface area contributed by atoms with E-state index in [1.54, 1.807) is 0 Å². The maximum Gasteiger partial charge on any atom is 0.411 e. The summed E-state index contributed by atoms with van der Waals surface area (Å²) in [5, 5.41) is 7.75.